The molecule has 2 atom stereocenters. The van der Waals surface area contributed by atoms with Crippen molar-refractivity contribution >= 4 is 5.97 Å². The summed E-state index contributed by atoms with van der Waals surface area (Å²) in [6.45, 7) is 0. The Bertz CT molecular complexity index is 344. The quantitative estimate of drug-likeness (QED) is 0.651. The number of hydrogen-bond acceptors (Lipinski definition) is 3. The molecule has 0 radical (unpaired) electrons. The van der Waals surface area contributed by atoms with Gasteiger partial charge in [0.05, 0.1) is 5.60 Å². The summed E-state index contributed by atoms with van der Waals surface area (Å²) in [5.41, 5.74) is 5.14. The number of hydrogen-bond donors (Lipinski definition) is 3. The lowest BCUT2D eigenvalue weighted by Crippen LogP contribution is -2.67. The van der Waals surface area contributed by atoms with Crippen LogP contribution in [0.1, 0.15) is 44.9 Å². The molecule has 0 aromatic rings. The predicted octanol–water partition coefficient (Wildman–Crippen LogP) is 0.874. The summed E-state index contributed by atoms with van der Waals surface area (Å²) >= 11 is 0. The van der Waals surface area contributed by atoms with Crippen molar-refractivity contribution in [1.29, 1.82) is 0 Å². The molecule has 3 bridgehead atoms. The van der Waals surface area contributed by atoms with Gasteiger partial charge in [0, 0.05) is 0 Å². The molecule has 16 heavy (non-hydrogen) atoms. The van der Waals surface area contributed by atoms with Crippen LogP contribution in [0.2, 0.25) is 0 Å². The van der Waals surface area contributed by atoms with Crippen molar-refractivity contribution in [2.75, 3.05) is 0 Å². The van der Waals surface area contributed by atoms with Crippen molar-refractivity contribution in [2.24, 2.45) is 16.6 Å². The van der Waals surface area contributed by atoms with E-state index in [-0.39, 0.29) is 10.8 Å². The molecule has 90 valence electrons. The van der Waals surface area contributed by atoms with Crippen LogP contribution in [0.15, 0.2) is 0 Å². The first-order valence-electron chi connectivity index (χ1n) is 6.10. The van der Waals surface area contributed by atoms with Crippen LogP contribution in [0.4, 0.5) is 0 Å². The predicted molar refractivity (Wildman–Crippen MR) is 57.7 cm³/mol. The number of aliphatic hydroxyl groups is 1. The topological polar surface area (TPSA) is 83.6 Å². The van der Waals surface area contributed by atoms with E-state index < -0.39 is 17.6 Å². The fourth-order valence-electron chi connectivity index (χ4n) is 4.95. The normalized spacial score (nSPS) is 51.6. The summed E-state index contributed by atoms with van der Waals surface area (Å²) in [6.07, 6.45) is 6.32. The van der Waals surface area contributed by atoms with Crippen LogP contribution in [0.25, 0.3) is 0 Å². The molecule has 4 aliphatic carbocycles. The third-order valence-electron chi connectivity index (χ3n) is 5.12. The molecular weight excluding hydrogens is 206 g/mol. The van der Waals surface area contributed by atoms with Crippen LogP contribution >= 0.6 is 0 Å². The van der Waals surface area contributed by atoms with Gasteiger partial charge in [-0.05, 0) is 49.4 Å². The third kappa shape index (κ3) is 1.20. The molecule has 4 fully saturated rings. The average molecular weight is 225 g/mol. The van der Waals surface area contributed by atoms with Crippen LogP contribution < -0.4 is 5.73 Å². The van der Waals surface area contributed by atoms with Crippen molar-refractivity contribution in [2.45, 2.75) is 56.6 Å². The Morgan fingerprint density at radius 2 is 1.88 bits per heavy atom. The van der Waals surface area contributed by atoms with Gasteiger partial charge in [0.15, 0.2) is 0 Å². The van der Waals surface area contributed by atoms with E-state index in [4.69, 9.17) is 10.8 Å². The number of aliphatic carboxylic acids is 1. The molecule has 0 saturated heterocycles. The third-order valence-corrected chi connectivity index (χ3v) is 5.12. The fraction of sp³-hybridized carbons (Fsp3) is 0.917. The standard InChI is InChI=1S/C12H19NO3/c13-8(9(14)15)11-3-1-2-10(4-11)5-12(16,6-10)7-11/h8,16H,1-7,13H2,(H,14,15)/t8-,10?,11?,12?/m1/s1. The summed E-state index contributed by atoms with van der Waals surface area (Å²) in [7, 11) is 0. The molecule has 4 rings (SSSR count). The van der Waals surface area contributed by atoms with Gasteiger partial charge in [0.2, 0.25) is 0 Å². The largest absolute Gasteiger partial charge is 0.480 e. The van der Waals surface area contributed by atoms with Gasteiger partial charge in [0.25, 0.3) is 0 Å². The second kappa shape index (κ2) is 2.79. The fourth-order valence-corrected chi connectivity index (χ4v) is 4.95. The molecule has 0 heterocycles. The van der Waals surface area contributed by atoms with E-state index in [1.165, 1.54) is 0 Å². The maximum absolute atomic E-state index is 11.1. The summed E-state index contributed by atoms with van der Waals surface area (Å²) in [5, 5.41) is 19.4. The summed E-state index contributed by atoms with van der Waals surface area (Å²) < 4.78 is 0. The molecule has 1 spiro atoms. The first-order chi connectivity index (χ1) is 7.39. The number of carbonyl (C=O) groups is 1. The highest BCUT2D eigenvalue weighted by atomic mass is 16.4. The molecule has 0 aromatic carbocycles. The summed E-state index contributed by atoms with van der Waals surface area (Å²) in [4.78, 5) is 11.1. The monoisotopic (exact) mass is 225 g/mol. The lowest BCUT2D eigenvalue weighted by molar-refractivity contribution is -0.236. The zero-order valence-electron chi connectivity index (χ0n) is 9.41. The highest BCUT2D eigenvalue weighted by molar-refractivity contribution is 5.74. The zero-order valence-corrected chi connectivity index (χ0v) is 9.41. The first-order valence-corrected chi connectivity index (χ1v) is 6.10. The van der Waals surface area contributed by atoms with Gasteiger partial charge in [0.1, 0.15) is 6.04 Å². The Labute approximate surface area is 94.8 Å². The van der Waals surface area contributed by atoms with E-state index in [0.717, 1.165) is 38.5 Å². The van der Waals surface area contributed by atoms with Crippen LogP contribution in [-0.4, -0.2) is 27.8 Å². The first kappa shape index (κ1) is 10.5. The second-order valence-electron chi connectivity index (χ2n) is 6.46. The average Bonchev–Trinajstić information content (AvgIpc) is 2.12. The minimum Gasteiger partial charge on any atom is -0.480 e. The van der Waals surface area contributed by atoms with Gasteiger partial charge in [-0.1, -0.05) is 6.42 Å². The highest BCUT2D eigenvalue weighted by Gasteiger charge is 2.66. The molecule has 0 aromatic heterocycles. The molecular formula is C12H19NO3. The van der Waals surface area contributed by atoms with Gasteiger partial charge in [-0.2, -0.15) is 0 Å². The number of carboxylic acids is 1. The molecule has 4 N–H and O–H groups in total. The molecule has 4 aliphatic rings. The number of nitrogens with two attached hydrogens (primary N) is 1. The Morgan fingerprint density at radius 3 is 2.50 bits per heavy atom. The highest BCUT2D eigenvalue weighted by Crippen LogP contribution is 2.70. The van der Waals surface area contributed by atoms with Gasteiger partial charge in [-0.15, -0.1) is 0 Å². The number of carboxylic acid groups (broad SMARTS) is 1. The minimum atomic E-state index is -0.915. The van der Waals surface area contributed by atoms with E-state index in [2.05, 4.69) is 0 Å². The Kier molecular flexibility index (Phi) is 1.84. The summed E-state index contributed by atoms with van der Waals surface area (Å²) in [5.74, 6) is -0.915. The van der Waals surface area contributed by atoms with Crippen molar-refractivity contribution in [3.8, 4) is 0 Å². The molecule has 4 heteroatoms. The lowest BCUT2D eigenvalue weighted by Gasteiger charge is -2.68. The lowest BCUT2D eigenvalue weighted by atomic mass is 9.39. The molecule has 4 saturated carbocycles. The SMILES string of the molecule is N[C@H](C(=O)O)C12CCCC3(CC(O)(C3)C1)C2. The molecule has 0 aliphatic heterocycles. The Balaban J connectivity index is 1.93. The smallest absolute Gasteiger partial charge is 0.321 e. The molecule has 1 unspecified atom stereocenters. The van der Waals surface area contributed by atoms with Gasteiger partial charge < -0.3 is 15.9 Å². The second-order valence-corrected chi connectivity index (χ2v) is 6.46. The maximum atomic E-state index is 11.1. The van der Waals surface area contributed by atoms with E-state index in [1.807, 2.05) is 0 Å². The van der Waals surface area contributed by atoms with Gasteiger partial charge in [-0.3, -0.25) is 4.79 Å². The Hall–Kier alpha value is -0.610. The Morgan fingerprint density at radius 1 is 1.19 bits per heavy atom. The van der Waals surface area contributed by atoms with Crippen molar-refractivity contribution < 1.29 is 15.0 Å². The number of rotatable bonds is 2. The van der Waals surface area contributed by atoms with Gasteiger partial charge in [-0.25, -0.2) is 0 Å². The molecule has 0 amide bonds. The molecule has 4 nitrogen and oxygen atoms in total. The van der Waals surface area contributed by atoms with E-state index in [1.54, 1.807) is 0 Å². The van der Waals surface area contributed by atoms with Crippen LogP contribution in [0.5, 0.6) is 0 Å². The van der Waals surface area contributed by atoms with E-state index in [0.29, 0.717) is 6.42 Å². The summed E-state index contributed by atoms with van der Waals surface area (Å²) in [6, 6.07) is -0.806. The van der Waals surface area contributed by atoms with Crippen molar-refractivity contribution in [3.05, 3.63) is 0 Å². The van der Waals surface area contributed by atoms with Gasteiger partial charge >= 0.3 is 5.97 Å². The van der Waals surface area contributed by atoms with Crippen molar-refractivity contribution in [1.82, 2.24) is 0 Å². The van der Waals surface area contributed by atoms with Crippen molar-refractivity contribution in [3.63, 3.8) is 0 Å². The zero-order chi connectivity index (χ0) is 11.6. The van der Waals surface area contributed by atoms with Crippen LogP contribution in [0.3, 0.4) is 0 Å². The maximum Gasteiger partial charge on any atom is 0.321 e. The van der Waals surface area contributed by atoms with E-state index >= 15 is 0 Å². The van der Waals surface area contributed by atoms with E-state index in [9.17, 15) is 9.90 Å². The van der Waals surface area contributed by atoms with Crippen LogP contribution in [0, 0.1) is 10.8 Å². The van der Waals surface area contributed by atoms with Crippen LogP contribution in [-0.2, 0) is 4.79 Å². The minimum absolute atomic E-state index is 0.221.